The third-order valence-electron chi connectivity index (χ3n) is 2.43. The number of benzene rings is 1. The molecular formula is C11H11F3O3. The first-order chi connectivity index (χ1) is 7.92. The van der Waals surface area contributed by atoms with E-state index in [1.165, 1.54) is 24.3 Å². The van der Waals surface area contributed by atoms with Crippen LogP contribution in [0.5, 0.6) is 11.5 Å². The normalized spacial score (nSPS) is 24.0. The van der Waals surface area contributed by atoms with Gasteiger partial charge in [-0.15, -0.1) is 13.2 Å². The lowest BCUT2D eigenvalue weighted by Gasteiger charge is -2.31. The Morgan fingerprint density at radius 1 is 1.06 bits per heavy atom. The fraction of sp³-hybridized carbons (Fsp3) is 0.455. The molecule has 0 unspecified atom stereocenters. The average Bonchev–Trinajstić information content (AvgIpc) is 2.16. The van der Waals surface area contributed by atoms with E-state index in [9.17, 15) is 13.2 Å². The molecule has 0 aliphatic heterocycles. The van der Waals surface area contributed by atoms with Crippen molar-refractivity contribution < 1.29 is 27.8 Å². The standard InChI is InChI=1S/C11H11F3O3/c12-11(13,14)17-9-3-1-8(2-4-9)16-10-5-7(15)6-10/h1-4,7,10,15H,5-6H2. The number of hydrogen-bond acceptors (Lipinski definition) is 3. The third kappa shape index (κ3) is 3.52. The first-order valence-electron chi connectivity index (χ1n) is 5.13. The van der Waals surface area contributed by atoms with Crippen LogP contribution in [0.3, 0.4) is 0 Å². The predicted molar refractivity (Wildman–Crippen MR) is 52.8 cm³/mol. The van der Waals surface area contributed by atoms with Gasteiger partial charge in [-0.2, -0.15) is 0 Å². The SMILES string of the molecule is OC1CC(Oc2ccc(OC(F)(F)F)cc2)C1. The van der Waals surface area contributed by atoms with Crippen LogP contribution in [-0.2, 0) is 0 Å². The van der Waals surface area contributed by atoms with Gasteiger partial charge < -0.3 is 14.6 Å². The van der Waals surface area contributed by atoms with Gasteiger partial charge in [-0.25, -0.2) is 0 Å². The first kappa shape index (κ1) is 12.0. The average molecular weight is 248 g/mol. The summed E-state index contributed by atoms with van der Waals surface area (Å²) in [6.07, 6.45) is -3.95. The van der Waals surface area contributed by atoms with E-state index < -0.39 is 6.36 Å². The van der Waals surface area contributed by atoms with Crippen LogP contribution < -0.4 is 9.47 Å². The molecule has 0 amide bonds. The fourth-order valence-electron chi connectivity index (χ4n) is 1.55. The summed E-state index contributed by atoms with van der Waals surface area (Å²) < 4.78 is 44.8. The maximum atomic E-state index is 11.9. The maximum Gasteiger partial charge on any atom is 0.573 e. The van der Waals surface area contributed by atoms with E-state index >= 15 is 0 Å². The zero-order valence-electron chi connectivity index (χ0n) is 8.78. The van der Waals surface area contributed by atoms with Gasteiger partial charge >= 0.3 is 6.36 Å². The van der Waals surface area contributed by atoms with E-state index in [0.29, 0.717) is 18.6 Å². The van der Waals surface area contributed by atoms with E-state index in [0.717, 1.165) is 0 Å². The Bertz CT molecular complexity index is 369. The number of alkyl halides is 3. The van der Waals surface area contributed by atoms with Gasteiger partial charge in [-0.05, 0) is 24.3 Å². The molecule has 0 atom stereocenters. The lowest BCUT2D eigenvalue weighted by molar-refractivity contribution is -0.274. The minimum Gasteiger partial charge on any atom is -0.490 e. The highest BCUT2D eigenvalue weighted by molar-refractivity contribution is 5.31. The number of aliphatic hydroxyl groups is 1. The Balaban J connectivity index is 1.89. The van der Waals surface area contributed by atoms with Crippen molar-refractivity contribution in [2.45, 2.75) is 31.4 Å². The lowest BCUT2D eigenvalue weighted by Crippen LogP contribution is -2.37. The monoisotopic (exact) mass is 248 g/mol. The van der Waals surface area contributed by atoms with Gasteiger partial charge in [0, 0.05) is 12.8 Å². The minimum absolute atomic E-state index is 0.0561. The van der Waals surface area contributed by atoms with Crippen molar-refractivity contribution in [1.82, 2.24) is 0 Å². The topological polar surface area (TPSA) is 38.7 Å². The molecule has 1 aliphatic carbocycles. The Kier molecular flexibility index (Phi) is 3.15. The van der Waals surface area contributed by atoms with Crippen molar-refractivity contribution in [2.24, 2.45) is 0 Å². The summed E-state index contributed by atoms with van der Waals surface area (Å²) in [4.78, 5) is 0. The first-order valence-corrected chi connectivity index (χ1v) is 5.13. The minimum atomic E-state index is -4.68. The van der Waals surface area contributed by atoms with Gasteiger partial charge in [0.15, 0.2) is 0 Å². The maximum absolute atomic E-state index is 11.9. The summed E-state index contributed by atoms with van der Waals surface area (Å²) >= 11 is 0. The molecule has 94 valence electrons. The van der Waals surface area contributed by atoms with Crippen molar-refractivity contribution in [2.75, 3.05) is 0 Å². The summed E-state index contributed by atoms with van der Waals surface area (Å²) in [6.45, 7) is 0. The van der Waals surface area contributed by atoms with Gasteiger partial charge in [-0.3, -0.25) is 0 Å². The molecule has 0 aromatic heterocycles. The molecule has 1 N–H and O–H groups in total. The van der Waals surface area contributed by atoms with Crippen LogP contribution in [0.4, 0.5) is 13.2 Å². The second-order valence-corrected chi connectivity index (χ2v) is 3.88. The van der Waals surface area contributed by atoms with Crippen molar-refractivity contribution in [1.29, 1.82) is 0 Å². The summed E-state index contributed by atoms with van der Waals surface area (Å²) in [7, 11) is 0. The molecule has 0 saturated heterocycles. The number of aliphatic hydroxyl groups excluding tert-OH is 1. The summed E-state index contributed by atoms with van der Waals surface area (Å²) in [5, 5.41) is 9.04. The highest BCUT2D eigenvalue weighted by Gasteiger charge is 2.31. The number of hydrogen-bond donors (Lipinski definition) is 1. The molecule has 1 aromatic carbocycles. The molecule has 0 spiro atoms. The molecule has 1 saturated carbocycles. The second-order valence-electron chi connectivity index (χ2n) is 3.88. The summed E-state index contributed by atoms with van der Waals surface area (Å²) in [6, 6.07) is 5.20. The lowest BCUT2D eigenvalue weighted by atomic mass is 9.92. The molecule has 17 heavy (non-hydrogen) atoms. The van der Waals surface area contributed by atoms with Crippen LogP contribution in [0.1, 0.15) is 12.8 Å². The molecule has 1 fully saturated rings. The Morgan fingerprint density at radius 2 is 1.59 bits per heavy atom. The van der Waals surface area contributed by atoms with Crippen molar-refractivity contribution in [3.8, 4) is 11.5 Å². The summed E-state index contributed by atoms with van der Waals surface area (Å²) in [5.41, 5.74) is 0. The van der Waals surface area contributed by atoms with Crippen LogP contribution in [0, 0.1) is 0 Å². The Morgan fingerprint density at radius 3 is 2.06 bits per heavy atom. The van der Waals surface area contributed by atoms with E-state index in [4.69, 9.17) is 9.84 Å². The number of rotatable bonds is 3. The fourth-order valence-corrected chi connectivity index (χ4v) is 1.55. The van der Waals surface area contributed by atoms with Crippen molar-refractivity contribution in [3.63, 3.8) is 0 Å². The smallest absolute Gasteiger partial charge is 0.490 e. The molecular weight excluding hydrogens is 237 g/mol. The summed E-state index contributed by atoms with van der Waals surface area (Å²) in [5.74, 6) is 0.190. The highest BCUT2D eigenvalue weighted by Crippen LogP contribution is 2.28. The van der Waals surface area contributed by atoms with Gasteiger partial charge in [-0.1, -0.05) is 0 Å². The van der Waals surface area contributed by atoms with E-state index in [1.807, 2.05) is 0 Å². The zero-order chi connectivity index (χ0) is 12.5. The van der Waals surface area contributed by atoms with Gasteiger partial charge in [0.05, 0.1) is 6.10 Å². The van der Waals surface area contributed by atoms with Crippen LogP contribution in [0.25, 0.3) is 0 Å². The van der Waals surface area contributed by atoms with Crippen molar-refractivity contribution in [3.05, 3.63) is 24.3 Å². The number of halogens is 3. The van der Waals surface area contributed by atoms with Crippen LogP contribution >= 0.6 is 0 Å². The van der Waals surface area contributed by atoms with Gasteiger partial charge in [0.1, 0.15) is 17.6 Å². The van der Waals surface area contributed by atoms with E-state index in [2.05, 4.69) is 4.74 Å². The van der Waals surface area contributed by atoms with E-state index in [1.54, 1.807) is 0 Å². The van der Waals surface area contributed by atoms with Crippen molar-refractivity contribution >= 4 is 0 Å². The highest BCUT2D eigenvalue weighted by atomic mass is 19.4. The molecule has 0 radical (unpaired) electrons. The number of ether oxygens (including phenoxy) is 2. The zero-order valence-corrected chi connectivity index (χ0v) is 8.78. The second kappa shape index (κ2) is 4.44. The quantitative estimate of drug-likeness (QED) is 0.893. The third-order valence-corrected chi connectivity index (χ3v) is 2.43. The van der Waals surface area contributed by atoms with Crippen LogP contribution in [0.15, 0.2) is 24.3 Å². The van der Waals surface area contributed by atoms with Crippen LogP contribution in [-0.4, -0.2) is 23.7 Å². The van der Waals surface area contributed by atoms with Crippen LogP contribution in [0.2, 0.25) is 0 Å². The van der Waals surface area contributed by atoms with E-state index in [-0.39, 0.29) is 18.0 Å². The molecule has 1 aliphatic rings. The molecule has 0 heterocycles. The molecule has 3 nitrogen and oxygen atoms in total. The molecule has 0 bridgehead atoms. The predicted octanol–water partition coefficient (Wildman–Crippen LogP) is 2.49. The van der Waals surface area contributed by atoms with Gasteiger partial charge in [0.2, 0.25) is 0 Å². The largest absolute Gasteiger partial charge is 0.573 e. The Hall–Kier alpha value is -1.43. The molecule has 6 heteroatoms. The Labute approximate surface area is 95.8 Å². The molecule has 1 aromatic rings. The van der Waals surface area contributed by atoms with Gasteiger partial charge in [0.25, 0.3) is 0 Å². The molecule has 2 rings (SSSR count).